The zero-order valence-corrected chi connectivity index (χ0v) is 10.7. The third kappa shape index (κ3) is 2.80. The van der Waals surface area contributed by atoms with Gasteiger partial charge in [-0.2, -0.15) is 0 Å². The van der Waals surface area contributed by atoms with Crippen LogP contribution in [0, 0.1) is 13.8 Å². The summed E-state index contributed by atoms with van der Waals surface area (Å²) in [5.41, 5.74) is 1.84. The number of Topliss-reactive ketones (excluding diaryl/α,β-unsaturated/α-hetero) is 1. The highest BCUT2D eigenvalue weighted by Gasteiger charge is 2.10. The standard InChI is InChI=1S/C14H14O2S/c1-10-5-3-4-6-12(10)13(15)9-17-14-7-8-16-11(14)2/h3-8H,9H2,1-2H3. The van der Waals surface area contributed by atoms with Crippen molar-refractivity contribution in [1.29, 1.82) is 0 Å². The molecule has 1 heterocycles. The highest BCUT2D eigenvalue weighted by molar-refractivity contribution is 8.00. The molecular weight excluding hydrogens is 232 g/mol. The third-order valence-electron chi connectivity index (χ3n) is 2.62. The van der Waals surface area contributed by atoms with Crippen LogP contribution < -0.4 is 0 Å². The maximum atomic E-state index is 12.0. The van der Waals surface area contributed by atoms with E-state index in [2.05, 4.69) is 0 Å². The van der Waals surface area contributed by atoms with Gasteiger partial charge < -0.3 is 4.42 Å². The monoisotopic (exact) mass is 246 g/mol. The van der Waals surface area contributed by atoms with Crippen LogP contribution in [0.5, 0.6) is 0 Å². The van der Waals surface area contributed by atoms with Crippen molar-refractivity contribution in [3.63, 3.8) is 0 Å². The maximum absolute atomic E-state index is 12.0. The molecule has 0 N–H and O–H groups in total. The molecule has 0 saturated heterocycles. The predicted molar refractivity (Wildman–Crippen MR) is 69.7 cm³/mol. The van der Waals surface area contributed by atoms with E-state index >= 15 is 0 Å². The molecular formula is C14H14O2S. The van der Waals surface area contributed by atoms with Crippen molar-refractivity contribution in [2.24, 2.45) is 0 Å². The van der Waals surface area contributed by atoms with Gasteiger partial charge >= 0.3 is 0 Å². The molecule has 0 unspecified atom stereocenters. The summed E-state index contributed by atoms with van der Waals surface area (Å²) in [6, 6.07) is 9.57. The maximum Gasteiger partial charge on any atom is 0.173 e. The smallest absolute Gasteiger partial charge is 0.173 e. The first-order valence-corrected chi connectivity index (χ1v) is 6.43. The summed E-state index contributed by atoms with van der Waals surface area (Å²) in [4.78, 5) is 13.1. The molecule has 2 aromatic rings. The van der Waals surface area contributed by atoms with Crippen LogP contribution in [-0.2, 0) is 0 Å². The third-order valence-corrected chi connectivity index (χ3v) is 3.76. The topological polar surface area (TPSA) is 30.2 Å². The van der Waals surface area contributed by atoms with Gasteiger partial charge in [-0.15, -0.1) is 11.8 Å². The van der Waals surface area contributed by atoms with Crippen molar-refractivity contribution in [2.75, 3.05) is 5.75 Å². The molecule has 1 aromatic heterocycles. The van der Waals surface area contributed by atoms with Gasteiger partial charge in [0, 0.05) is 10.5 Å². The van der Waals surface area contributed by atoms with E-state index in [0.29, 0.717) is 5.75 Å². The molecule has 2 rings (SSSR count). The van der Waals surface area contributed by atoms with Crippen LogP contribution in [0.1, 0.15) is 21.7 Å². The van der Waals surface area contributed by atoms with E-state index in [0.717, 1.165) is 21.8 Å². The fourth-order valence-corrected chi connectivity index (χ4v) is 2.48. The number of ketones is 1. The van der Waals surface area contributed by atoms with Crippen LogP contribution in [0.2, 0.25) is 0 Å². The molecule has 0 atom stereocenters. The molecule has 0 amide bonds. The van der Waals surface area contributed by atoms with E-state index in [1.54, 1.807) is 6.26 Å². The van der Waals surface area contributed by atoms with E-state index in [1.807, 2.05) is 44.2 Å². The van der Waals surface area contributed by atoms with Gasteiger partial charge in [0.1, 0.15) is 5.76 Å². The number of carbonyl (C=O) groups is 1. The minimum atomic E-state index is 0.161. The van der Waals surface area contributed by atoms with E-state index in [1.165, 1.54) is 11.8 Å². The van der Waals surface area contributed by atoms with E-state index in [-0.39, 0.29) is 5.78 Å². The quantitative estimate of drug-likeness (QED) is 0.606. The van der Waals surface area contributed by atoms with Crippen LogP contribution in [0.25, 0.3) is 0 Å². The average molecular weight is 246 g/mol. The largest absolute Gasteiger partial charge is 0.468 e. The number of aryl methyl sites for hydroxylation is 2. The summed E-state index contributed by atoms with van der Waals surface area (Å²) in [5, 5.41) is 0. The summed E-state index contributed by atoms with van der Waals surface area (Å²) in [7, 11) is 0. The predicted octanol–water partition coefficient (Wildman–Crippen LogP) is 3.87. The normalized spacial score (nSPS) is 10.5. The Morgan fingerprint density at radius 2 is 2.00 bits per heavy atom. The Balaban J connectivity index is 2.04. The average Bonchev–Trinajstić information content (AvgIpc) is 2.72. The van der Waals surface area contributed by atoms with Gasteiger partial charge in [0.25, 0.3) is 0 Å². The van der Waals surface area contributed by atoms with Crippen molar-refractivity contribution >= 4 is 17.5 Å². The van der Waals surface area contributed by atoms with Gasteiger partial charge in [0.15, 0.2) is 5.78 Å². The summed E-state index contributed by atoms with van der Waals surface area (Å²) >= 11 is 1.52. The van der Waals surface area contributed by atoms with Gasteiger partial charge in [0.05, 0.1) is 12.0 Å². The van der Waals surface area contributed by atoms with Gasteiger partial charge in [-0.25, -0.2) is 0 Å². The molecule has 0 fully saturated rings. The number of hydrogen-bond acceptors (Lipinski definition) is 3. The van der Waals surface area contributed by atoms with Gasteiger partial charge in [-0.05, 0) is 25.5 Å². The molecule has 0 bridgehead atoms. The highest BCUT2D eigenvalue weighted by atomic mass is 32.2. The van der Waals surface area contributed by atoms with Crippen molar-refractivity contribution in [3.05, 3.63) is 53.5 Å². The Morgan fingerprint density at radius 1 is 1.24 bits per heavy atom. The summed E-state index contributed by atoms with van der Waals surface area (Å²) in [5.74, 6) is 1.48. The molecule has 2 nitrogen and oxygen atoms in total. The fourth-order valence-electron chi connectivity index (χ4n) is 1.63. The molecule has 0 aliphatic rings. The molecule has 0 saturated carbocycles. The summed E-state index contributed by atoms with van der Waals surface area (Å²) < 4.78 is 5.19. The molecule has 0 aliphatic heterocycles. The molecule has 0 aliphatic carbocycles. The van der Waals surface area contributed by atoms with E-state index < -0.39 is 0 Å². The highest BCUT2D eigenvalue weighted by Crippen LogP contribution is 2.24. The Hall–Kier alpha value is -1.48. The van der Waals surface area contributed by atoms with E-state index in [4.69, 9.17) is 4.42 Å². The molecule has 3 heteroatoms. The first-order chi connectivity index (χ1) is 8.18. The van der Waals surface area contributed by atoms with Crippen molar-refractivity contribution in [3.8, 4) is 0 Å². The Bertz CT molecular complexity index is 529. The first kappa shape index (κ1) is 12.0. The lowest BCUT2D eigenvalue weighted by Gasteiger charge is -2.03. The number of thioether (sulfide) groups is 1. The fraction of sp³-hybridized carbons (Fsp3) is 0.214. The zero-order valence-electron chi connectivity index (χ0n) is 9.90. The lowest BCUT2D eigenvalue weighted by molar-refractivity contribution is 0.102. The van der Waals surface area contributed by atoms with Crippen LogP contribution >= 0.6 is 11.8 Å². The summed E-state index contributed by atoms with van der Waals surface area (Å²) in [6.45, 7) is 3.86. The van der Waals surface area contributed by atoms with Gasteiger partial charge in [0.2, 0.25) is 0 Å². The molecule has 1 aromatic carbocycles. The lowest BCUT2D eigenvalue weighted by Crippen LogP contribution is -2.04. The van der Waals surface area contributed by atoms with Crippen molar-refractivity contribution in [1.82, 2.24) is 0 Å². The lowest BCUT2D eigenvalue weighted by atomic mass is 10.1. The Morgan fingerprint density at radius 3 is 2.65 bits per heavy atom. The number of rotatable bonds is 4. The second-order valence-corrected chi connectivity index (χ2v) is 4.88. The second-order valence-electron chi connectivity index (χ2n) is 3.87. The first-order valence-electron chi connectivity index (χ1n) is 5.44. The van der Waals surface area contributed by atoms with Gasteiger partial charge in [-0.3, -0.25) is 4.79 Å². The number of hydrogen-bond donors (Lipinski definition) is 0. The minimum absolute atomic E-state index is 0.161. The SMILES string of the molecule is Cc1ccccc1C(=O)CSc1ccoc1C. The van der Waals surface area contributed by atoms with Crippen LogP contribution in [0.4, 0.5) is 0 Å². The molecule has 17 heavy (non-hydrogen) atoms. The number of benzene rings is 1. The molecule has 0 spiro atoms. The minimum Gasteiger partial charge on any atom is -0.468 e. The number of furan rings is 1. The Kier molecular flexibility index (Phi) is 3.69. The van der Waals surface area contributed by atoms with Crippen molar-refractivity contribution in [2.45, 2.75) is 18.7 Å². The second kappa shape index (κ2) is 5.23. The molecule has 0 radical (unpaired) electrons. The van der Waals surface area contributed by atoms with Crippen LogP contribution in [-0.4, -0.2) is 11.5 Å². The van der Waals surface area contributed by atoms with Crippen molar-refractivity contribution < 1.29 is 9.21 Å². The number of carbonyl (C=O) groups excluding carboxylic acids is 1. The Labute approximate surface area is 105 Å². The molecule has 88 valence electrons. The summed E-state index contributed by atoms with van der Waals surface area (Å²) in [6.07, 6.45) is 1.65. The van der Waals surface area contributed by atoms with Gasteiger partial charge in [-0.1, -0.05) is 24.3 Å². The zero-order chi connectivity index (χ0) is 12.3. The van der Waals surface area contributed by atoms with E-state index in [9.17, 15) is 4.79 Å². The van der Waals surface area contributed by atoms with Crippen LogP contribution in [0.3, 0.4) is 0 Å². The van der Waals surface area contributed by atoms with Crippen LogP contribution in [0.15, 0.2) is 45.9 Å².